The Balaban J connectivity index is 1.36. The van der Waals surface area contributed by atoms with Crippen molar-refractivity contribution in [3.8, 4) is 0 Å². The SMILES string of the molecule is CCC(C)C(C(CC(=O)N1CCCC1C(OC)C(C)C(=O)N[C@@H](Cc1ccccc1)C(=O)O)OC)N(C)C(=O)CNC(=O)C1C2CCC(C2)N1C(=O)CCOCCOCCN. The van der Waals surface area contributed by atoms with Gasteiger partial charge in [-0.2, -0.15) is 0 Å². The molecule has 61 heavy (non-hydrogen) atoms. The summed E-state index contributed by atoms with van der Waals surface area (Å²) >= 11 is 0. The lowest BCUT2D eigenvalue weighted by Gasteiger charge is -2.39. The average Bonchev–Trinajstić information content (AvgIpc) is 4.03. The van der Waals surface area contributed by atoms with Crippen molar-refractivity contribution < 1.29 is 52.8 Å². The highest BCUT2D eigenvalue weighted by atomic mass is 16.5. The molecule has 2 bridgehead atoms. The minimum absolute atomic E-state index is 0.0155. The van der Waals surface area contributed by atoms with E-state index in [1.165, 1.54) is 14.2 Å². The number of aliphatic carboxylic acids is 1. The number of amides is 5. The average molecular weight is 859 g/mol. The van der Waals surface area contributed by atoms with Gasteiger partial charge in [0.1, 0.15) is 12.1 Å². The Morgan fingerprint density at radius 1 is 0.951 bits per heavy atom. The number of rotatable bonds is 26. The summed E-state index contributed by atoms with van der Waals surface area (Å²) in [6.07, 6.45) is 3.18. The summed E-state index contributed by atoms with van der Waals surface area (Å²) in [4.78, 5) is 85.6. The van der Waals surface area contributed by atoms with Gasteiger partial charge in [0.05, 0.1) is 76.0 Å². The molecule has 0 spiro atoms. The van der Waals surface area contributed by atoms with E-state index < -0.39 is 54.2 Å². The van der Waals surface area contributed by atoms with E-state index in [0.29, 0.717) is 52.2 Å². The summed E-state index contributed by atoms with van der Waals surface area (Å²) in [6.45, 7) is 7.61. The number of benzene rings is 1. The van der Waals surface area contributed by atoms with Crippen molar-refractivity contribution in [1.29, 1.82) is 0 Å². The van der Waals surface area contributed by atoms with E-state index in [9.17, 15) is 33.9 Å². The van der Waals surface area contributed by atoms with Crippen LogP contribution >= 0.6 is 0 Å². The van der Waals surface area contributed by atoms with Crippen LogP contribution in [0.2, 0.25) is 0 Å². The maximum absolute atomic E-state index is 14.2. The Hall–Kier alpha value is -4.16. The number of carbonyl (C=O) groups is 6. The third-order valence-corrected chi connectivity index (χ3v) is 12.9. The summed E-state index contributed by atoms with van der Waals surface area (Å²) < 4.78 is 22.7. The van der Waals surface area contributed by atoms with E-state index in [0.717, 1.165) is 24.8 Å². The molecule has 9 unspecified atom stereocenters. The largest absolute Gasteiger partial charge is 0.480 e. The first-order chi connectivity index (χ1) is 29.3. The second-order valence-electron chi connectivity index (χ2n) is 16.7. The molecule has 2 heterocycles. The predicted octanol–water partition coefficient (Wildman–Crippen LogP) is 1.60. The molecule has 5 N–H and O–H groups in total. The quantitative estimate of drug-likeness (QED) is 0.0978. The summed E-state index contributed by atoms with van der Waals surface area (Å²) in [5.41, 5.74) is 6.20. The van der Waals surface area contributed by atoms with Crippen LogP contribution in [0.25, 0.3) is 0 Å². The van der Waals surface area contributed by atoms with Gasteiger partial charge in [-0.15, -0.1) is 0 Å². The van der Waals surface area contributed by atoms with E-state index in [4.69, 9.17) is 24.7 Å². The Kier molecular flexibility index (Phi) is 19.9. The van der Waals surface area contributed by atoms with E-state index in [-0.39, 0.29) is 73.9 Å². The van der Waals surface area contributed by atoms with Crippen molar-refractivity contribution in [3.63, 3.8) is 0 Å². The van der Waals surface area contributed by atoms with Gasteiger partial charge in [0, 0.05) is 46.8 Å². The zero-order valence-electron chi connectivity index (χ0n) is 36.9. The molecule has 4 rings (SSSR count). The van der Waals surface area contributed by atoms with Crippen molar-refractivity contribution >= 4 is 35.5 Å². The molecule has 3 fully saturated rings. The third-order valence-electron chi connectivity index (χ3n) is 12.9. The van der Waals surface area contributed by atoms with E-state index in [1.807, 2.05) is 32.0 Å². The van der Waals surface area contributed by atoms with Crippen LogP contribution in [-0.2, 0) is 54.1 Å². The molecule has 1 aromatic rings. The molecule has 17 nitrogen and oxygen atoms in total. The fourth-order valence-electron chi connectivity index (χ4n) is 9.45. The van der Waals surface area contributed by atoms with Gasteiger partial charge in [0.2, 0.25) is 29.5 Å². The van der Waals surface area contributed by atoms with Crippen LogP contribution in [0, 0.1) is 17.8 Å². The first-order valence-electron chi connectivity index (χ1n) is 21.9. The maximum Gasteiger partial charge on any atom is 0.326 e. The van der Waals surface area contributed by atoms with Crippen LogP contribution in [0.4, 0.5) is 0 Å². The number of nitrogens with two attached hydrogens (primary N) is 1. The smallest absolute Gasteiger partial charge is 0.326 e. The molecule has 1 aromatic carbocycles. The van der Waals surface area contributed by atoms with Crippen LogP contribution in [-0.4, -0.2) is 165 Å². The Bertz CT molecular complexity index is 1600. The lowest BCUT2D eigenvalue weighted by Crippen LogP contribution is -2.56. The van der Waals surface area contributed by atoms with Gasteiger partial charge in [-0.3, -0.25) is 24.0 Å². The number of piperidine rings is 1. The molecular formula is C44H70N6O11. The van der Waals surface area contributed by atoms with Gasteiger partial charge in [-0.25, -0.2) is 4.79 Å². The van der Waals surface area contributed by atoms with Gasteiger partial charge in [0.15, 0.2) is 0 Å². The molecule has 17 heteroatoms. The van der Waals surface area contributed by atoms with Crippen LogP contribution in [0.5, 0.6) is 0 Å². The van der Waals surface area contributed by atoms with Gasteiger partial charge >= 0.3 is 5.97 Å². The minimum Gasteiger partial charge on any atom is -0.480 e. The molecule has 1 saturated carbocycles. The number of hydrogen-bond acceptors (Lipinski definition) is 11. The standard InChI is InChI=1S/C44H70N6O11/c1-7-28(2)39(48(4)38(53)27-46-43(55)40-31-15-16-32(25-31)50(40)36(51)17-20-60-22-23-61-21-18-45)35(58-5)26-37(52)49-19-11-14-34(49)41(59-6)29(3)42(54)47-33(44(56)57)24-30-12-9-8-10-13-30/h8-10,12-13,28-29,31-35,39-41H,7,11,14-27,45H2,1-6H3,(H,46,55)(H,47,54)(H,56,57)/t28?,29?,31?,32?,33-,34?,35?,39?,40?,41?/m0/s1. The van der Waals surface area contributed by atoms with E-state index in [1.54, 1.807) is 40.8 Å². The molecule has 10 atom stereocenters. The molecule has 2 saturated heterocycles. The fourth-order valence-corrected chi connectivity index (χ4v) is 9.45. The minimum atomic E-state index is -1.15. The van der Waals surface area contributed by atoms with Crippen molar-refractivity contribution in [2.45, 2.75) is 121 Å². The molecule has 0 aromatic heterocycles. The number of nitrogens with one attached hydrogen (secondary N) is 2. The topological polar surface area (TPSA) is 219 Å². The number of ether oxygens (including phenoxy) is 4. The van der Waals surface area contributed by atoms with Crippen molar-refractivity contribution in [3.05, 3.63) is 35.9 Å². The first-order valence-corrected chi connectivity index (χ1v) is 21.9. The van der Waals surface area contributed by atoms with Gasteiger partial charge in [-0.1, -0.05) is 57.5 Å². The lowest BCUT2D eigenvalue weighted by atomic mass is 9.90. The highest BCUT2D eigenvalue weighted by Gasteiger charge is 2.51. The molecule has 342 valence electrons. The summed E-state index contributed by atoms with van der Waals surface area (Å²) in [5, 5.41) is 15.4. The van der Waals surface area contributed by atoms with Crippen molar-refractivity contribution in [2.24, 2.45) is 23.5 Å². The Morgan fingerprint density at radius 2 is 1.66 bits per heavy atom. The highest BCUT2D eigenvalue weighted by Crippen LogP contribution is 2.43. The fraction of sp³-hybridized carbons (Fsp3) is 0.727. The number of carbonyl (C=O) groups excluding carboxylic acids is 5. The van der Waals surface area contributed by atoms with Gasteiger partial charge in [-0.05, 0) is 49.5 Å². The number of carboxylic acid groups (broad SMARTS) is 1. The monoisotopic (exact) mass is 859 g/mol. The van der Waals surface area contributed by atoms with E-state index >= 15 is 0 Å². The van der Waals surface area contributed by atoms with E-state index in [2.05, 4.69) is 10.6 Å². The molecule has 5 amide bonds. The second kappa shape index (κ2) is 24.5. The Morgan fingerprint density at radius 3 is 2.30 bits per heavy atom. The molecular weight excluding hydrogens is 789 g/mol. The maximum atomic E-state index is 14.2. The first kappa shape index (κ1) is 49.5. The Labute approximate surface area is 360 Å². The predicted molar refractivity (Wildman–Crippen MR) is 226 cm³/mol. The summed E-state index contributed by atoms with van der Waals surface area (Å²) in [7, 11) is 4.64. The molecule has 0 radical (unpaired) electrons. The van der Waals surface area contributed by atoms with Crippen LogP contribution in [0.1, 0.15) is 77.7 Å². The number of hydrogen-bond donors (Lipinski definition) is 4. The number of likely N-dealkylation sites (N-methyl/N-ethyl adjacent to an activating group) is 1. The van der Waals surface area contributed by atoms with Crippen LogP contribution < -0.4 is 16.4 Å². The van der Waals surface area contributed by atoms with Crippen LogP contribution in [0.3, 0.4) is 0 Å². The molecule has 1 aliphatic carbocycles. The molecule has 2 aliphatic heterocycles. The summed E-state index contributed by atoms with van der Waals surface area (Å²) in [6, 6.07) is 6.27. The number of likely N-dealkylation sites (tertiary alicyclic amines) is 2. The second-order valence-corrected chi connectivity index (χ2v) is 16.7. The lowest BCUT2D eigenvalue weighted by molar-refractivity contribution is -0.147. The van der Waals surface area contributed by atoms with Crippen LogP contribution in [0.15, 0.2) is 30.3 Å². The van der Waals surface area contributed by atoms with Crippen molar-refractivity contribution in [1.82, 2.24) is 25.3 Å². The van der Waals surface area contributed by atoms with Crippen molar-refractivity contribution in [2.75, 3.05) is 67.3 Å². The van der Waals surface area contributed by atoms with Gasteiger partial charge < -0.3 is 55.1 Å². The third kappa shape index (κ3) is 13.2. The molecule has 3 aliphatic rings. The zero-order valence-corrected chi connectivity index (χ0v) is 36.9. The normalized spacial score (nSPS) is 22.5. The number of nitrogens with zero attached hydrogens (tertiary/aromatic N) is 3. The number of methoxy groups -OCH3 is 2. The summed E-state index contributed by atoms with van der Waals surface area (Å²) in [5.74, 6) is -3.56. The van der Waals surface area contributed by atoms with Gasteiger partial charge in [0.25, 0.3) is 0 Å². The zero-order chi connectivity index (χ0) is 44.6. The number of fused-ring (bicyclic) bond motifs is 2. The number of carboxylic acids is 1. The highest BCUT2D eigenvalue weighted by molar-refractivity contribution is 5.92.